The number of halogens is 2. The largest absolute Gasteiger partial charge is 0.481 e. The molecule has 5 nitrogen and oxygen atoms in total. The molecule has 0 aromatic heterocycles. The first-order valence-corrected chi connectivity index (χ1v) is 7.40. The number of para-hydroxylation sites is 1. The first-order valence-electron chi connectivity index (χ1n) is 7.40. The zero-order valence-corrected chi connectivity index (χ0v) is 12.7. The summed E-state index contributed by atoms with van der Waals surface area (Å²) in [6.07, 6.45) is 0.437. The minimum atomic E-state index is -2.96. The number of aliphatic carboxylic acids is 1. The lowest BCUT2D eigenvalue weighted by Crippen LogP contribution is -2.46. The summed E-state index contributed by atoms with van der Waals surface area (Å²) >= 11 is 0. The average Bonchev–Trinajstić information content (AvgIpc) is 2.48. The van der Waals surface area contributed by atoms with Crippen molar-refractivity contribution in [1.82, 2.24) is 4.90 Å². The molecule has 1 aromatic rings. The van der Waals surface area contributed by atoms with Crippen LogP contribution < -0.4 is 4.74 Å². The number of rotatable bonds is 5. The Morgan fingerprint density at radius 1 is 1.35 bits per heavy atom. The molecular weight excluding hydrogens is 308 g/mol. The summed E-state index contributed by atoms with van der Waals surface area (Å²) < 4.78 is 29.2. The second-order valence-corrected chi connectivity index (χ2v) is 5.84. The highest BCUT2D eigenvalue weighted by Gasteiger charge is 2.32. The fourth-order valence-electron chi connectivity index (χ4n) is 2.87. The van der Waals surface area contributed by atoms with Crippen molar-refractivity contribution in [2.75, 3.05) is 13.1 Å². The van der Waals surface area contributed by atoms with E-state index in [0.717, 1.165) is 0 Å². The van der Waals surface area contributed by atoms with Crippen LogP contribution in [0, 0.1) is 11.8 Å². The number of carbonyl (C=O) groups is 2. The molecule has 1 saturated heterocycles. The Kier molecular flexibility index (Phi) is 5.52. The van der Waals surface area contributed by atoms with Gasteiger partial charge in [-0.2, -0.15) is 8.78 Å². The van der Waals surface area contributed by atoms with Gasteiger partial charge in [0.05, 0.1) is 12.3 Å². The van der Waals surface area contributed by atoms with E-state index in [0.29, 0.717) is 18.5 Å². The Balaban J connectivity index is 2.08. The number of likely N-dealkylation sites (tertiary alicyclic amines) is 1. The van der Waals surface area contributed by atoms with Crippen LogP contribution in [0.15, 0.2) is 24.3 Å². The maximum atomic E-state index is 12.4. The maximum Gasteiger partial charge on any atom is 0.387 e. The van der Waals surface area contributed by atoms with Crippen LogP contribution in [0.2, 0.25) is 0 Å². The molecule has 7 heteroatoms. The van der Waals surface area contributed by atoms with E-state index in [9.17, 15) is 18.4 Å². The quantitative estimate of drug-likeness (QED) is 0.902. The maximum absolute atomic E-state index is 12.4. The van der Waals surface area contributed by atoms with E-state index >= 15 is 0 Å². The summed E-state index contributed by atoms with van der Waals surface area (Å²) in [6.45, 7) is -0.447. The average molecular weight is 327 g/mol. The summed E-state index contributed by atoms with van der Waals surface area (Å²) in [6, 6.07) is 6.13. The molecule has 0 bridgehead atoms. The zero-order chi connectivity index (χ0) is 17.0. The number of carboxylic acids is 1. The van der Waals surface area contributed by atoms with Crippen LogP contribution in [-0.2, 0) is 16.0 Å². The van der Waals surface area contributed by atoms with E-state index in [1.165, 1.54) is 11.0 Å². The molecule has 1 aliphatic heterocycles. The predicted molar refractivity (Wildman–Crippen MR) is 78.3 cm³/mol. The number of benzene rings is 1. The van der Waals surface area contributed by atoms with Crippen molar-refractivity contribution in [2.45, 2.75) is 26.4 Å². The van der Waals surface area contributed by atoms with Gasteiger partial charge in [-0.15, -0.1) is 0 Å². The number of piperidine rings is 1. The van der Waals surface area contributed by atoms with Gasteiger partial charge in [-0.25, -0.2) is 0 Å². The van der Waals surface area contributed by atoms with Gasteiger partial charge in [0, 0.05) is 18.7 Å². The number of hydrogen-bond donors (Lipinski definition) is 1. The van der Waals surface area contributed by atoms with Crippen molar-refractivity contribution in [1.29, 1.82) is 0 Å². The number of carbonyl (C=O) groups excluding carboxylic acids is 1. The monoisotopic (exact) mass is 327 g/mol. The third-order valence-electron chi connectivity index (χ3n) is 3.89. The fourth-order valence-corrected chi connectivity index (χ4v) is 2.87. The second-order valence-electron chi connectivity index (χ2n) is 5.84. The number of amides is 1. The number of hydrogen-bond acceptors (Lipinski definition) is 3. The molecule has 2 rings (SSSR count). The van der Waals surface area contributed by atoms with Crippen LogP contribution in [0.5, 0.6) is 5.75 Å². The van der Waals surface area contributed by atoms with Crippen molar-refractivity contribution in [3.05, 3.63) is 29.8 Å². The summed E-state index contributed by atoms with van der Waals surface area (Å²) in [4.78, 5) is 25.1. The van der Waals surface area contributed by atoms with Crippen molar-refractivity contribution in [3.63, 3.8) is 0 Å². The minimum absolute atomic E-state index is 0.0318. The van der Waals surface area contributed by atoms with Gasteiger partial charge in [0.25, 0.3) is 0 Å². The molecule has 0 saturated carbocycles. The smallest absolute Gasteiger partial charge is 0.387 e. The SMILES string of the molecule is CC1CC(C(=O)O)CN(C(=O)Cc2ccccc2OC(F)F)C1. The highest BCUT2D eigenvalue weighted by atomic mass is 19.3. The second kappa shape index (κ2) is 7.39. The molecule has 0 spiro atoms. The van der Waals surface area contributed by atoms with Gasteiger partial charge in [0.2, 0.25) is 5.91 Å². The Hall–Kier alpha value is -2.18. The third kappa shape index (κ3) is 4.64. The minimum Gasteiger partial charge on any atom is -0.481 e. The molecule has 1 fully saturated rings. The molecule has 0 aliphatic carbocycles. The fraction of sp³-hybridized carbons (Fsp3) is 0.500. The number of ether oxygens (including phenoxy) is 1. The van der Waals surface area contributed by atoms with Gasteiger partial charge in [-0.05, 0) is 18.4 Å². The highest BCUT2D eigenvalue weighted by molar-refractivity contribution is 5.80. The van der Waals surface area contributed by atoms with Crippen LogP contribution in [0.25, 0.3) is 0 Å². The molecular formula is C16H19F2NO4. The summed E-state index contributed by atoms with van der Waals surface area (Å²) in [5, 5.41) is 9.15. The molecule has 0 radical (unpaired) electrons. The van der Waals surface area contributed by atoms with E-state index in [4.69, 9.17) is 5.11 Å². The third-order valence-corrected chi connectivity index (χ3v) is 3.89. The molecule has 1 amide bonds. The summed E-state index contributed by atoms with van der Waals surface area (Å²) in [5.74, 6) is -1.74. The van der Waals surface area contributed by atoms with Crippen LogP contribution in [0.3, 0.4) is 0 Å². The molecule has 2 atom stereocenters. The van der Waals surface area contributed by atoms with Gasteiger partial charge in [0.15, 0.2) is 0 Å². The van der Waals surface area contributed by atoms with E-state index in [1.54, 1.807) is 18.2 Å². The predicted octanol–water partition coefficient (Wildman–Crippen LogP) is 2.40. The first kappa shape index (κ1) is 17.2. The molecule has 2 unspecified atom stereocenters. The molecule has 1 aromatic carbocycles. The van der Waals surface area contributed by atoms with E-state index in [1.807, 2.05) is 6.92 Å². The summed E-state index contributed by atoms with van der Waals surface area (Å²) in [7, 11) is 0. The number of nitrogens with zero attached hydrogens (tertiary/aromatic N) is 1. The van der Waals surface area contributed by atoms with Crippen molar-refractivity contribution < 1.29 is 28.2 Å². The van der Waals surface area contributed by atoms with Crippen LogP contribution in [0.4, 0.5) is 8.78 Å². The Morgan fingerprint density at radius 2 is 2.04 bits per heavy atom. The Bertz CT molecular complexity index is 579. The van der Waals surface area contributed by atoms with E-state index in [-0.39, 0.29) is 30.5 Å². The zero-order valence-electron chi connectivity index (χ0n) is 12.7. The van der Waals surface area contributed by atoms with Gasteiger partial charge in [0.1, 0.15) is 5.75 Å². The van der Waals surface area contributed by atoms with Gasteiger partial charge in [-0.3, -0.25) is 9.59 Å². The molecule has 1 aliphatic rings. The van der Waals surface area contributed by atoms with E-state index < -0.39 is 18.5 Å². The standard InChI is InChI=1S/C16H19F2NO4/c1-10-6-12(15(21)22)9-19(8-10)14(20)7-11-4-2-3-5-13(11)23-16(17)18/h2-5,10,12,16H,6-9H2,1H3,(H,21,22). The lowest BCUT2D eigenvalue weighted by Gasteiger charge is -2.34. The summed E-state index contributed by atoms with van der Waals surface area (Å²) in [5.41, 5.74) is 0.364. The Labute approximate surface area is 132 Å². The number of alkyl halides is 2. The first-order chi connectivity index (χ1) is 10.9. The Morgan fingerprint density at radius 3 is 2.70 bits per heavy atom. The lowest BCUT2D eigenvalue weighted by atomic mass is 9.90. The number of carboxylic acid groups (broad SMARTS) is 1. The van der Waals surface area contributed by atoms with E-state index in [2.05, 4.69) is 4.74 Å². The molecule has 1 heterocycles. The molecule has 126 valence electrons. The van der Waals surface area contributed by atoms with Crippen molar-refractivity contribution in [3.8, 4) is 5.75 Å². The normalized spacial score (nSPS) is 21.3. The molecule has 1 N–H and O–H groups in total. The van der Waals surface area contributed by atoms with Crippen molar-refractivity contribution >= 4 is 11.9 Å². The van der Waals surface area contributed by atoms with Gasteiger partial charge in [-0.1, -0.05) is 25.1 Å². The molecule has 23 heavy (non-hydrogen) atoms. The van der Waals surface area contributed by atoms with Gasteiger partial charge < -0.3 is 14.7 Å². The lowest BCUT2D eigenvalue weighted by molar-refractivity contribution is -0.146. The van der Waals surface area contributed by atoms with Crippen LogP contribution in [-0.4, -0.2) is 41.6 Å². The topological polar surface area (TPSA) is 66.8 Å². The van der Waals surface area contributed by atoms with Crippen molar-refractivity contribution in [2.24, 2.45) is 11.8 Å². The van der Waals surface area contributed by atoms with Gasteiger partial charge >= 0.3 is 12.6 Å². The van der Waals surface area contributed by atoms with Crippen LogP contribution >= 0.6 is 0 Å². The van der Waals surface area contributed by atoms with Crippen LogP contribution in [0.1, 0.15) is 18.9 Å². The highest BCUT2D eigenvalue weighted by Crippen LogP contribution is 2.25.